The van der Waals surface area contributed by atoms with Crippen LogP contribution in [0.15, 0.2) is 0 Å². The van der Waals surface area contributed by atoms with Crippen molar-refractivity contribution in [2.75, 3.05) is 0 Å². The zero-order valence-corrected chi connectivity index (χ0v) is 8.75. The topological polar surface area (TPSA) is 37.3 Å². The van der Waals surface area contributed by atoms with Gasteiger partial charge in [0.1, 0.15) is 6.10 Å². The first kappa shape index (κ1) is 12.6. The van der Waals surface area contributed by atoms with Crippen LogP contribution in [-0.4, -0.2) is 17.5 Å². The lowest BCUT2D eigenvalue weighted by Gasteiger charge is -2.17. The quantitative estimate of drug-likeness (QED) is 0.630. The molecule has 1 N–H and O–H groups in total. The summed E-state index contributed by atoms with van der Waals surface area (Å²) < 4.78 is 0. The third-order valence-corrected chi connectivity index (χ3v) is 2.42. The van der Waals surface area contributed by atoms with Crippen LogP contribution in [-0.2, 0) is 4.79 Å². The van der Waals surface area contributed by atoms with Gasteiger partial charge in [0, 0.05) is 0 Å². The number of unbranched alkanes of at least 4 members (excludes halogenated alkanes) is 2. The highest BCUT2D eigenvalue weighted by Gasteiger charge is 2.17. The van der Waals surface area contributed by atoms with E-state index in [1.54, 1.807) is 6.29 Å². The lowest BCUT2D eigenvalue weighted by Crippen LogP contribution is -2.21. The monoisotopic (exact) mass is 185 g/mol. The predicted molar refractivity (Wildman–Crippen MR) is 54.2 cm³/mol. The number of hydrogen-bond acceptors (Lipinski definition) is 2. The molecular formula is C11H21O2. The van der Waals surface area contributed by atoms with Crippen LogP contribution in [0.25, 0.3) is 0 Å². The molecule has 1 radical (unpaired) electrons. The van der Waals surface area contributed by atoms with Gasteiger partial charge in [0.2, 0.25) is 6.29 Å². The van der Waals surface area contributed by atoms with Crippen molar-refractivity contribution in [2.24, 2.45) is 5.92 Å². The Bertz CT molecular complexity index is 115. The first-order valence-corrected chi connectivity index (χ1v) is 5.32. The van der Waals surface area contributed by atoms with Gasteiger partial charge >= 0.3 is 0 Å². The molecule has 0 aliphatic rings. The molecule has 1 atom stereocenters. The Kier molecular flexibility index (Phi) is 8.00. The number of rotatable bonds is 8. The largest absolute Gasteiger partial charge is 0.385 e. The van der Waals surface area contributed by atoms with Gasteiger partial charge in [-0.15, -0.1) is 0 Å². The molecule has 0 saturated carbocycles. The molecule has 13 heavy (non-hydrogen) atoms. The third kappa shape index (κ3) is 5.81. The van der Waals surface area contributed by atoms with Crippen LogP contribution in [0.4, 0.5) is 0 Å². The normalized spacial score (nSPS) is 13.2. The van der Waals surface area contributed by atoms with E-state index in [0.717, 1.165) is 38.5 Å². The molecule has 0 spiro atoms. The Morgan fingerprint density at radius 3 is 1.92 bits per heavy atom. The molecule has 77 valence electrons. The van der Waals surface area contributed by atoms with Crippen LogP contribution in [0.1, 0.15) is 52.4 Å². The fourth-order valence-corrected chi connectivity index (χ4v) is 1.49. The highest BCUT2D eigenvalue weighted by molar-refractivity contribution is 5.56. The molecule has 0 fully saturated rings. The van der Waals surface area contributed by atoms with Crippen molar-refractivity contribution in [1.29, 1.82) is 0 Å². The maximum absolute atomic E-state index is 10.3. The minimum atomic E-state index is -0.863. The summed E-state index contributed by atoms with van der Waals surface area (Å²) in [6, 6.07) is 0. The van der Waals surface area contributed by atoms with E-state index in [9.17, 15) is 9.90 Å². The molecule has 0 aliphatic heterocycles. The average Bonchev–Trinajstić information content (AvgIpc) is 2.17. The van der Waals surface area contributed by atoms with Crippen molar-refractivity contribution < 1.29 is 9.90 Å². The fourth-order valence-electron chi connectivity index (χ4n) is 1.49. The molecule has 0 aliphatic carbocycles. The molecule has 0 heterocycles. The van der Waals surface area contributed by atoms with Gasteiger partial charge in [-0.2, -0.15) is 0 Å². The number of carbonyl (C=O) groups excluding carboxylic acids is 1. The van der Waals surface area contributed by atoms with E-state index in [2.05, 4.69) is 13.8 Å². The Morgan fingerprint density at radius 1 is 1.15 bits per heavy atom. The Labute approximate surface area is 81.3 Å². The SMILES string of the molecule is CCCCC(CCCC)C(O)[C]=O. The molecule has 0 amide bonds. The van der Waals surface area contributed by atoms with Gasteiger partial charge in [-0.05, 0) is 18.8 Å². The number of aliphatic hydroxyl groups is 1. The van der Waals surface area contributed by atoms with Gasteiger partial charge in [0.15, 0.2) is 0 Å². The van der Waals surface area contributed by atoms with Crippen molar-refractivity contribution in [3.05, 3.63) is 0 Å². The Balaban J connectivity index is 3.79. The minimum absolute atomic E-state index is 0.136. The maximum Gasteiger partial charge on any atom is 0.229 e. The minimum Gasteiger partial charge on any atom is -0.385 e. The zero-order chi connectivity index (χ0) is 10.1. The second kappa shape index (κ2) is 8.24. The third-order valence-electron chi connectivity index (χ3n) is 2.42. The molecule has 2 heteroatoms. The van der Waals surface area contributed by atoms with Crippen LogP contribution in [0.5, 0.6) is 0 Å². The standard InChI is InChI=1S/C11H21O2/c1-3-5-7-10(8-6-4-2)11(13)9-12/h10-11,13H,3-8H2,1-2H3. The van der Waals surface area contributed by atoms with Gasteiger partial charge in [0.25, 0.3) is 0 Å². The summed E-state index contributed by atoms with van der Waals surface area (Å²) in [6.45, 7) is 4.24. The van der Waals surface area contributed by atoms with E-state index in [4.69, 9.17) is 0 Å². The van der Waals surface area contributed by atoms with E-state index in [0.29, 0.717) is 0 Å². The van der Waals surface area contributed by atoms with E-state index < -0.39 is 6.10 Å². The van der Waals surface area contributed by atoms with Gasteiger partial charge in [0.05, 0.1) is 0 Å². The Morgan fingerprint density at radius 2 is 1.62 bits per heavy atom. The van der Waals surface area contributed by atoms with Crippen molar-refractivity contribution in [3.8, 4) is 0 Å². The first-order valence-electron chi connectivity index (χ1n) is 5.32. The Hall–Kier alpha value is -0.370. The van der Waals surface area contributed by atoms with Crippen LogP contribution in [0, 0.1) is 5.92 Å². The average molecular weight is 185 g/mol. The highest BCUT2D eigenvalue weighted by atomic mass is 16.3. The lowest BCUT2D eigenvalue weighted by molar-refractivity contribution is 0.149. The molecular weight excluding hydrogens is 164 g/mol. The maximum atomic E-state index is 10.3. The van der Waals surface area contributed by atoms with Crippen LogP contribution in [0.2, 0.25) is 0 Å². The van der Waals surface area contributed by atoms with Crippen molar-refractivity contribution in [2.45, 2.75) is 58.5 Å². The van der Waals surface area contributed by atoms with E-state index in [1.165, 1.54) is 0 Å². The summed E-state index contributed by atoms with van der Waals surface area (Å²) in [5.41, 5.74) is 0. The molecule has 0 aromatic carbocycles. The highest BCUT2D eigenvalue weighted by Crippen LogP contribution is 2.18. The molecule has 2 nitrogen and oxygen atoms in total. The summed E-state index contributed by atoms with van der Waals surface area (Å²) in [4.78, 5) is 10.3. The molecule has 0 aromatic rings. The van der Waals surface area contributed by atoms with Crippen molar-refractivity contribution in [3.63, 3.8) is 0 Å². The summed E-state index contributed by atoms with van der Waals surface area (Å²) >= 11 is 0. The van der Waals surface area contributed by atoms with Gasteiger partial charge in [-0.1, -0.05) is 39.5 Å². The van der Waals surface area contributed by atoms with Crippen LogP contribution < -0.4 is 0 Å². The van der Waals surface area contributed by atoms with Crippen LogP contribution in [0.3, 0.4) is 0 Å². The summed E-state index contributed by atoms with van der Waals surface area (Å²) in [5.74, 6) is 0.136. The summed E-state index contributed by atoms with van der Waals surface area (Å²) in [6.07, 6.45) is 7.15. The number of hydrogen-bond donors (Lipinski definition) is 1. The van der Waals surface area contributed by atoms with E-state index in [-0.39, 0.29) is 5.92 Å². The first-order chi connectivity index (χ1) is 6.26. The molecule has 1 unspecified atom stereocenters. The van der Waals surface area contributed by atoms with Gasteiger partial charge in [-0.3, -0.25) is 4.79 Å². The van der Waals surface area contributed by atoms with Crippen LogP contribution >= 0.6 is 0 Å². The second-order valence-corrected chi connectivity index (χ2v) is 3.61. The molecule has 0 saturated heterocycles. The molecule has 0 aromatic heterocycles. The zero-order valence-electron chi connectivity index (χ0n) is 8.75. The molecule has 0 bridgehead atoms. The summed E-state index contributed by atoms with van der Waals surface area (Å²) in [5, 5.41) is 9.35. The smallest absolute Gasteiger partial charge is 0.229 e. The lowest BCUT2D eigenvalue weighted by atomic mass is 9.91. The van der Waals surface area contributed by atoms with Gasteiger partial charge in [-0.25, -0.2) is 0 Å². The molecule has 0 rings (SSSR count). The number of aliphatic hydroxyl groups excluding tert-OH is 1. The van der Waals surface area contributed by atoms with Crippen molar-refractivity contribution in [1.82, 2.24) is 0 Å². The predicted octanol–water partition coefficient (Wildman–Crippen LogP) is 2.45. The van der Waals surface area contributed by atoms with E-state index in [1.807, 2.05) is 0 Å². The van der Waals surface area contributed by atoms with Gasteiger partial charge < -0.3 is 5.11 Å². The summed E-state index contributed by atoms with van der Waals surface area (Å²) in [7, 11) is 0. The second-order valence-electron chi connectivity index (χ2n) is 3.61. The fraction of sp³-hybridized carbons (Fsp3) is 0.909. The van der Waals surface area contributed by atoms with Crippen molar-refractivity contribution >= 4 is 6.29 Å². The van der Waals surface area contributed by atoms with E-state index >= 15 is 0 Å².